The molecule has 0 fully saturated rings. The molecule has 2 aromatic rings. The maximum Gasteiger partial charge on any atom is 0.116 e. The van der Waals surface area contributed by atoms with Crippen molar-refractivity contribution >= 4 is 11.0 Å². The Kier molecular flexibility index (Phi) is 2.50. The van der Waals surface area contributed by atoms with Gasteiger partial charge in [0.1, 0.15) is 5.82 Å². The molecule has 0 aliphatic carbocycles. The Morgan fingerprint density at radius 3 is 2.62 bits per heavy atom. The summed E-state index contributed by atoms with van der Waals surface area (Å²) in [6.07, 6.45) is 0. The van der Waals surface area contributed by atoms with Crippen LogP contribution in [0.25, 0.3) is 11.0 Å². The van der Waals surface area contributed by atoms with E-state index < -0.39 is 0 Å². The molecule has 2 rings (SSSR count). The Bertz CT molecular complexity index is 523. The first-order valence-corrected chi connectivity index (χ1v) is 5.60. The maximum absolute atomic E-state index is 5.81. The molecule has 1 aromatic carbocycles. The van der Waals surface area contributed by atoms with E-state index in [2.05, 4.69) is 44.5 Å². The molecule has 86 valence electrons. The fraction of sp³-hybridized carbons (Fsp3) is 0.462. The largest absolute Gasteiger partial charge is 0.330 e. The molecule has 0 radical (unpaired) electrons. The molecule has 0 saturated carbocycles. The van der Waals surface area contributed by atoms with Gasteiger partial charge < -0.3 is 10.3 Å². The van der Waals surface area contributed by atoms with Crippen LogP contribution in [0.4, 0.5) is 0 Å². The fourth-order valence-electron chi connectivity index (χ4n) is 2.16. The number of nitrogens with zero attached hydrogens (tertiary/aromatic N) is 2. The molecule has 3 heteroatoms. The van der Waals surface area contributed by atoms with Crippen LogP contribution in [0.3, 0.4) is 0 Å². The average Bonchev–Trinajstić information content (AvgIpc) is 2.58. The summed E-state index contributed by atoms with van der Waals surface area (Å²) in [5, 5.41) is 0. The average molecular weight is 217 g/mol. The lowest BCUT2D eigenvalue weighted by atomic mass is 9.93. The van der Waals surface area contributed by atoms with Crippen molar-refractivity contribution in [2.24, 2.45) is 12.8 Å². The van der Waals surface area contributed by atoms with Gasteiger partial charge in [0.25, 0.3) is 0 Å². The summed E-state index contributed by atoms with van der Waals surface area (Å²) in [6.45, 7) is 6.97. The smallest absolute Gasteiger partial charge is 0.116 e. The molecule has 0 spiro atoms. The van der Waals surface area contributed by atoms with Crippen molar-refractivity contribution in [3.63, 3.8) is 0 Å². The molecular weight excluding hydrogens is 198 g/mol. The Balaban J connectivity index is 2.75. The highest BCUT2D eigenvalue weighted by molar-refractivity contribution is 5.79. The number of fused-ring (bicyclic) bond motifs is 1. The van der Waals surface area contributed by atoms with Gasteiger partial charge in [0.2, 0.25) is 0 Å². The highest BCUT2D eigenvalue weighted by Gasteiger charge is 2.25. The predicted octanol–water partition coefficient (Wildman–Crippen LogP) is 2.12. The maximum atomic E-state index is 5.81. The molecule has 0 bridgehead atoms. The van der Waals surface area contributed by atoms with Gasteiger partial charge in [0.15, 0.2) is 0 Å². The molecule has 1 heterocycles. The molecule has 1 aromatic heterocycles. The van der Waals surface area contributed by atoms with Crippen LogP contribution in [0.1, 0.15) is 25.2 Å². The van der Waals surface area contributed by atoms with E-state index in [0.29, 0.717) is 6.54 Å². The number of benzene rings is 1. The minimum atomic E-state index is -0.0831. The van der Waals surface area contributed by atoms with Crippen LogP contribution >= 0.6 is 0 Å². The number of hydrogen-bond donors (Lipinski definition) is 1. The number of para-hydroxylation sites is 1. The Labute approximate surface area is 96.3 Å². The van der Waals surface area contributed by atoms with E-state index in [9.17, 15) is 0 Å². The molecular formula is C13H19N3. The lowest BCUT2D eigenvalue weighted by molar-refractivity contribution is 0.487. The van der Waals surface area contributed by atoms with Crippen LogP contribution in [-0.2, 0) is 12.5 Å². The highest BCUT2D eigenvalue weighted by Crippen LogP contribution is 2.26. The zero-order chi connectivity index (χ0) is 11.9. The zero-order valence-corrected chi connectivity index (χ0v) is 10.4. The van der Waals surface area contributed by atoms with Gasteiger partial charge in [-0.15, -0.1) is 0 Å². The van der Waals surface area contributed by atoms with Gasteiger partial charge in [0.05, 0.1) is 11.0 Å². The van der Waals surface area contributed by atoms with Gasteiger partial charge >= 0.3 is 0 Å². The summed E-state index contributed by atoms with van der Waals surface area (Å²) in [5.41, 5.74) is 9.25. The third kappa shape index (κ3) is 1.52. The Morgan fingerprint density at radius 2 is 2.06 bits per heavy atom. The van der Waals surface area contributed by atoms with E-state index in [0.717, 1.165) is 11.3 Å². The molecule has 0 aliphatic heterocycles. The van der Waals surface area contributed by atoms with Crippen LogP contribution < -0.4 is 5.73 Å². The molecule has 16 heavy (non-hydrogen) atoms. The summed E-state index contributed by atoms with van der Waals surface area (Å²) in [6, 6.07) is 6.21. The van der Waals surface area contributed by atoms with Gasteiger partial charge in [-0.05, 0) is 18.6 Å². The molecule has 0 aliphatic rings. The van der Waals surface area contributed by atoms with Crippen LogP contribution in [-0.4, -0.2) is 16.1 Å². The van der Waals surface area contributed by atoms with E-state index in [1.807, 2.05) is 6.07 Å². The number of hydrogen-bond acceptors (Lipinski definition) is 2. The Hall–Kier alpha value is -1.35. The van der Waals surface area contributed by atoms with Crippen molar-refractivity contribution in [2.45, 2.75) is 26.2 Å². The first-order valence-electron chi connectivity index (χ1n) is 5.60. The van der Waals surface area contributed by atoms with Crippen molar-refractivity contribution < 1.29 is 0 Å². The lowest BCUT2D eigenvalue weighted by Crippen LogP contribution is -2.31. The normalized spacial score (nSPS) is 12.3. The van der Waals surface area contributed by atoms with Gasteiger partial charge in [-0.2, -0.15) is 0 Å². The molecule has 0 unspecified atom stereocenters. The first-order chi connectivity index (χ1) is 7.47. The van der Waals surface area contributed by atoms with Gasteiger partial charge in [0, 0.05) is 19.0 Å². The minimum Gasteiger partial charge on any atom is -0.330 e. The lowest BCUT2D eigenvalue weighted by Gasteiger charge is -2.21. The molecule has 0 saturated heterocycles. The van der Waals surface area contributed by atoms with Gasteiger partial charge in [-0.3, -0.25) is 0 Å². The summed E-state index contributed by atoms with van der Waals surface area (Å²) >= 11 is 0. The highest BCUT2D eigenvalue weighted by atomic mass is 15.1. The van der Waals surface area contributed by atoms with Crippen LogP contribution in [0.2, 0.25) is 0 Å². The monoisotopic (exact) mass is 217 g/mol. The first kappa shape index (κ1) is 11.1. The second kappa shape index (κ2) is 3.59. The van der Waals surface area contributed by atoms with Crippen molar-refractivity contribution in [1.29, 1.82) is 0 Å². The van der Waals surface area contributed by atoms with E-state index in [1.165, 1.54) is 11.1 Å². The van der Waals surface area contributed by atoms with Crippen LogP contribution in [0, 0.1) is 6.92 Å². The van der Waals surface area contributed by atoms with E-state index in [-0.39, 0.29) is 5.41 Å². The number of nitrogens with two attached hydrogens (primary N) is 1. The summed E-state index contributed by atoms with van der Waals surface area (Å²) < 4.78 is 2.16. The Morgan fingerprint density at radius 1 is 1.38 bits per heavy atom. The molecule has 0 amide bonds. The van der Waals surface area contributed by atoms with Crippen LogP contribution in [0.15, 0.2) is 18.2 Å². The van der Waals surface area contributed by atoms with E-state index in [1.54, 1.807) is 0 Å². The van der Waals surface area contributed by atoms with Crippen molar-refractivity contribution in [2.75, 3.05) is 6.54 Å². The topological polar surface area (TPSA) is 43.8 Å². The SMILES string of the molecule is Cc1cccc2nc(C(C)(C)CN)n(C)c12. The number of aromatic nitrogens is 2. The fourth-order valence-corrected chi connectivity index (χ4v) is 2.16. The van der Waals surface area contributed by atoms with Gasteiger partial charge in [-0.1, -0.05) is 26.0 Å². The zero-order valence-electron chi connectivity index (χ0n) is 10.4. The number of imidazole rings is 1. The standard InChI is InChI=1S/C13H19N3/c1-9-6-5-7-10-11(9)16(4)12(15-10)13(2,3)8-14/h5-7H,8,14H2,1-4H3. The van der Waals surface area contributed by atoms with Crippen molar-refractivity contribution in [3.05, 3.63) is 29.6 Å². The third-order valence-electron chi connectivity index (χ3n) is 3.21. The number of aryl methyl sites for hydroxylation is 2. The van der Waals surface area contributed by atoms with Crippen LogP contribution in [0.5, 0.6) is 0 Å². The quantitative estimate of drug-likeness (QED) is 0.837. The third-order valence-corrected chi connectivity index (χ3v) is 3.21. The van der Waals surface area contributed by atoms with E-state index in [4.69, 9.17) is 10.7 Å². The summed E-state index contributed by atoms with van der Waals surface area (Å²) in [5.74, 6) is 1.05. The predicted molar refractivity (Wildman–Crippen MR) is 67.5 cm³/mol. The minimum absolute atomic E-state index is 0.0831. The second-order valence-electron chi connectivity index (χ2n) is 5.03. The second-order valence-corrected chi connectivity index (χ2v) is 5.03. The number of rotatable bonds is 2. The molecule has 2 N–H and O–H groups in total. The van der Waals surface area contributed by atoms with Gasteiger partial charge in [-0.25, -0.2) is 4.98 Å². The van der Waals surface area contributed by atoms with E-state index >= 15 is 0 Å². The van der Waals surface area contributed by atoms with Crippen molar-refractivity contribution in [3.8, 4) is 0 Å². The molecule has 3 nitrogen and oxygen atoms in total. The summed E-state index contributed by atoms with van der Waals surface area (Å²) in [7, 11) is 2.06. The molecule has 0 atom stereocenters. The van der Waals surface area contributed by atoms with Crippen molar-refractivity contribution in [1.82, 2.24) is 9.55 Å². The summed E-state index contributed by atoms with van der Waals surface area (Å²) in [4.78, 5) is 4.70.